The zero-order valence-corrected chi connectivity index (χ0v) is 16.4. The number of halogens is 4. The molecule has 3 aromatic rings. The summed E-state index contributed by atoms with van der Waals surface area (Å²) in [5.41, 5.74) is -0.637. The van der Waals surface area contributed by atoms with E-state index >= 15 is 0 Å². The quantitative estimate of drug-likeness (QED) is 0.638. The molecule has 31 heavy (non-hydrogen) atoms. The number of carbonyl (C=O) groups excluding carboxylic acids is 1. The molecule has 1 aliphatic rings. The molecule has 1 saturated heterocycles. The Morgan fingerprint density at radius 3 is 2.48 bits per heavy atom. The molecule has 1 amide bonds. The van der Waals surface area contributed by atoms with Crippen molar-refractivity contribution >= 4 is 28.3 Å². The van der Waals surface area contributed by atoms with Gasteiger partial charge in [-0.1, -0.05) is 18.2 Å². The molecule has 0 saturated carbocycles. The summed E-state index contributed by atoms with van der Waals surface area (Å²) < 4.78 is 53.6. The average Bonchev–Trinajstić information content (AvgIpc) is 2.74. The molecule has 0 atom stereocenters. The van der Waals surface area contributed by atoms with Crippen molar-refractivity contribution in [2.45, 2.75) is 6.18 Å². The van der Waals surface area contributed by atoms with Crippen LogP contribution in [0.5, 0.6) is 0 Å². The fourth-order valence-electron chi connectivity index (χ4n) is 3.64. The first kappa shape index (κ1) is 21.0. The number of piperazine rings is 1. The van der Waals surface area contributed by atoms with Crippen LogP contribution in [0.3, 0.4) is 0 Å². The summed E-state index contributed by atoms with van der Waals surface area (Å²) in [4.78, 5) is 24.4. The van der Waals surface area contributed by atoms with Crippen LogP contribution in [0.4, 0.5) is 29.1 Å². The molecule has 6 nitrogen and oxygen atoms in total. The Labute approximate surface area is 175 Å². The molecule has 2 heterocycles. The van der Waals surface area contributed by atoms with Crippen molar-refractivity contribution in [2.75, 3.05) is 42.9 Å². The van der Waals surface area contributed by atoms with E-state index in [1.165, 1.54) is 30.6 Å². The molecule has 1 aliphatic heterocycles. The standard InChI is InChI=1S/C21H19F4N5O/c22-15-5-3-7-17-19(15)20(27-13-26-17)30-10-8-29(9-11-30)12-18(31)28-16-6-2-1-4-14(16)21(23,24)25/h1-7,13H,8-12H2,(H,28,31). The van der Waals surface area contributed by atoms with E-state index in [-0.39, 0.29) is 12.2 Å². The molecule has 10 heteroatoms. The molecule has 0 bridgehead atoms. The van der Waals surface area contributed by atoms with Gasteiger partial charge < -0.3 is 10.2 Å². The van der Waals surface area contributed by atoms with Gasteiger partial charge >= 0.3 is 6.18 Å². The number of hydrogen-bond donors (Lipinski definition) is 1. The first-order valence-corrected chi connectivity index (χ1v) is 9.65. The van der Waals surface area contributed by atoms with E-state index in [1.54, 1.807) is 12.1 Å². The lowest BCUT2D eigenvalue weighted by Crippen LogP contribution is -2.49. The van der Waals surface area contributed by atoms with E-state index in [4.69, 9.17) is 0 Å². The number of fused-ring (bicyclic) bond motifs is 1. The number of benzene rings is 2. The highest BCUT2D eigenvalue weighted by Gasteiger charge is 2.33. The maximum atomic E-state index is 14.3. The molecule has 0 unspecified atom stereocenters. The highest BCUT2D eigenvalue weighted by atomic mass is 19.4. The van der Waals surface area contributed by atoms with E-state index in [1.807, 2.05) is 9.80 Å². The third-order valence-corrected chi connectivity index (χ3v) is 5.14. The van der Waals surface area contributed by atoms with Gasteiger partial charge in [0.1, 0.15) is 18.0 Å². The summed E-state index contributed by atoms with van der Waals surface area (Å²) >= 11 is 0. The van der Waals surface area contributed by atoms with Crippen LogP contribution in [0.2, 0.25) is 0 Å². The molecule has 0 spiro atoms. The maximum absolute atomic E-state index is 14.3. The van der Waals surface area contributed by atoms with Crippen molar-refractivity contribution in [1.29, 1.82) is 0 Å². The molecule has 0 aliphatic carbocycles. The third-order valence-electron chi connectivity index (χ3n) is 5.14. The third kappa shape index (κ3) is 4.58. The summed E-state index contributed by atoms with van der Waals surface area (Å²) in [6, 6.07) is 9.53. The molecule has 1 aromatic heterocycles. The number of para-hydroxylation sites is 1. The summed E-state index contributed by atoms with van der Waals surface area (Å²) in [5, 5.41) is 2.70. The van der Waals surface area contributed by atoms with Crippen molar-refractivity contribution in [2.24, 2.45) is 0 Å². The lowest BCUT2D eigenvalue weighted by atomic mass is 10.1. The number of anilines is 2. The topological polar surface area (TPSA) is 61.4 Å². The minimum absolute atomic E-state index is 0.0427. The predicted molar refractivity (Wildman–Crippen MR) is 108 cm³/mol. The smallest absolute Gasteiger partial charge is 0.353 e. The SMILES string of the molecule is O=C(CN1CCN(c2ncnc3cccc(F)c23)CC1)Nc1ccccc1C(F)(F)F. The number of alkyl halides is 3. The number of nitrogens with one attached hydrogen (secondary N) is 1. The maximum Gasteiger partial charge on any atom is 0.418 e. The number of nitrogens with zero attached hydrogens (tertiary/aromatic N) is 4. The first-order chi connectivity index (χ1) is 14.8. The van der Waals surface area contributed by atoms with Gasteiger partial charge in [0.05, 0.1) is 28.7 Å². The second kappa shape index (κ2) is 8.46. The van der Waals surface area contributed by atoms with Gasteiger partial charge in [-0.2, -0.15) is 13.2 Å². The van der Waals surface area contributed by atoms with Crippen LogP contribution in [0.1, 0.15) is 5.56 Å². The van der Waals surface area contributed by atoms with Gasteiger partial charge in [0.2, 0.25) is 5.91 Å². The lowest BCUT2D eigenvalue weighted by molar-refractivity contribution is -0.137. The van der Waals surface area contributed by atoms with Gasteiger partial charge in [0, 0.05) is 26.2 Å². The number of amides is 1. The average molecular weight is 433 g/mol. The largest absolute Gasteiger partial charge is 0.418 e. The van der Waals surface area contributed by atoms with Crippen LogP contribution in [0.25, 0.3) is 10.9 Å². The monoisotopic (exact) mass is 433 g/mol. The number of carbonyl (C=O) groups is 1. The van der Waals surface area contributed by atoms with E-state index in [2.05, 4.69) is 15.3 Å². The Kier molecular flexibility index (Phi) is 5.73. The van der Waals surface area contributed by atoms with Crippen LogP contribution in [0.15, 0.2) is 48.8 Å². The summed E-state index contributed by atoms with van der Waals surface area (Å²) in [6.07, 6.45) is -3.17. The van der Waals surface area contributed by atoms with Crippen molar-refractivity contribution in [3.63, 3.8) is 0 Å². The molecular weight excluding hydrogens is 414 g/mol. The Balaban J connectivity index is 1.39. The summed E-state index contributed by atoms with van der Waals surface area (Å²) in [5.74, 6) is -0.437. The summed E-state index contributed by atoms with van der Waals surface area (Å²) in [6.45, 7) is 1.90. The molecule has 162 valence electrons. The zero-order chi connectivity index (χ0) is 22.0. The number of hydrogen-bond acceptors (Lipinski definition) is 5. The fraction of sp³-hybridized carbons (Fsp3) is 0.286. The predicted octanol–water partition coefficient (Wildman–Crippen LogP) is 3.55. The Morgan fingerprint density at radius 2 is 1.74 bits per heavy atom. The van der Waals surface area contributed by atoms with Gasteiger partial charge in [0.25, 0.3) is 0 Å². The molecule has 0 radical (unpaired) electrons. The van der Waals surface area contributed by atoms with Crippen LogP contribution < -0.4 is 10.2 Å². The fourth-order valence-corrected chi connectivity index (χ4v) is 3.64. The molecule has 4 rings (SSSR count). The van der Waals surface area contributed by atoms with Crippen LogP contribution in [-0.2, 0) is 11.0 Å². The van der Waals surface area contributed by atoms with Crippen LogP contribution >= 0.6 is 0 Å². The molecule has 1 fully saturated rings. The van der Waals surface area contributed by atoms with Gasteiger partial charge in [-0.05, 0) is 24.3 Å². The number of aromatic nitrogens is 2. The molecule has 2 aromatic carbocycles. The van der Waals surface area contributed by atoms with Gasteiger partial charge in [-0.3, -0.25) is 9.69 Å². The normalized spacial score (nSPS) is 15.3. The Hall–Kier alpha value is -3.27. The van der Waals surface area contributed by atoms with Gasteiger partial charge in [-0.25, -0.2) is 14.4 Å². The summed E-state index contributed by atoms with van der Waals surface area (Å²) in [7, 11) is 0. The number of rotatable bonds is 4. The van der Waals surface area contributed by atoms with Crippen molar-refractivity contribution < 1.29 is 22.4 Å². The second-order valence-corrected chi connectivity index (χ2v) is 7.19. The van der Waals surface area contributed by atoms with E-state index in [0.717, 1.165) is 6.07 Å². The van der Waals surface area contributed by atoms with Crippen molar-refractivity contribution in [3.05, 3.63) is 60.2 Å². The lowest BCUT2D eigenvalue weighted by Gasteiger charge is -2.35. The zero-order valence-electron chi connectivity index (χ0n) is 16.4. The highest BCUT2D eigenvalue weighted by molar-refractivity contribution is 5.93. The first-order valence-electron chi connectivity index (χ1n) is 9.65. The van der Waals surface area contributed by atoms with Gasteiger partial charge in [0.15, 0.2) is 0 Å². The Morgan fingerprint density at radius 1 is 1.00 bits per heavy atom. The van der Waals surface area contributed by atoms with Gasteiger partial charge in [-0.15, -0.1) is 0 Å². The molecular formula is C21H19F4N5O. The van der Waals surface area contributed by atoms with Crippen LogP contribution in [-0.4, -0.2) is 53.5 Å². The van der Waals surface area contributed by atoms with E-state index < -0.39 is 23.5 Å². The Bertz CT molecular complexity index is 1090. The minimum atomic E-state index is -4.55. The molecule has 1 N–H and O–H groups in total. The van der Waals surface area contributed by atoms with Crippen molar-refractivity contribution in [1.82, 2.24) is 14.9 Å². The second-order valence-electron chi connectivity index (χ2n) is 7.19. The minimum Gasteiger partial charge on any atom is -0.353 e. The van der Waals surface area contributed by atoms with E-state index in [0.29, 0.717) is 42.9 Å². The highest BCUT2D eigenvalue weighted by Crippen LogP contribution is 2.34. The van der Waals surface area contributed by atoms with Crippen LogP contribution in [0, 0.1) is 5.82 Å². The van der Waals surface area contributed by atoms with Crippen molar-refractivity contribution in [3.8, 4) is 0 Å². The van der Waals surface area contributed by atoms with E-state index in [9.17, 15) is 22.4 Å².